The summed E-state index contributed by atoms with van der Waals surface area (Å²) < 4.78 is 0. The molecular formula is C17H25ClN2O. The van der Waals surface area contributed by atoms with Crippen LogP contribution in [-0.2, 0) is 11.2 Å². The third-order valence-electron chi connectivity index (χ3n) is 4.01. The Morgan fingerprint density at radius 1 is 1.10 bits per heavy atom. The van der Waals surface area contributed by atoms with Crippen LogP contribution in [0.4, 0.5) is 0 Å². The van der Waals surface area contributed by atoms with Gasteiger partial charge < -0.3 is 10.6 Å². The van der Waals surface area contributed by atoms with Crippen LogP contribution < -0.4 is 10.6 Å². The Balaban J connectivity index is 1.59. The summed E-state index contributed by atoms with van der Waals surface area (Å²) >= 11 is 5.85. The molecule has 3 nitrogen and oxygen atoms in total. The summed E-state index contributed by atoms with van der Waals surface area (Å²) in [7, 11) is 0. The normalized spacial score (nSPS) is 16.4. The van der Waals surface area contributed by atoms with E-state index in [1.54, 1.807) is 0 Å². The molecule has 0 aromatic heterocycles. The number of rotatable bonds is 6. The molecule has 1 fully saturated rings. The minimum Gasteiger partial charge on any atom is -0.352 e. The molecule has 0 unspecified atom stereocenters. The van der Waals surface area contributed by atoms with Crippen molar-refractivity contribution in [3.63, 3.8) is 0 Å². The minimum absolute atomic E-state index is 0.123. The van der Waals surface area contributed by atoms with Gasteiger partial charge >= 0.3 is 0 Å². The Bertz CT molecular complexity index is 425. The van der Waals surface area contributed by atoms with E-state index < -0.39 is 0 Å². The van der Waals surface area contributed by atoms with E-state index in [4.69, 9.17) is 11.6 Å². The Morgan fingerprint density at radius 2 is 1.76 bits per heavy atom. The Hall–Kier alpha value is -1.06. The summed E-state index contributed by atoms with van der Waals surface area (Å²) in [4.78, 5) is 11.9. The lowest BCUT2D eigenvalue weighted by Gasteiger charge is -2.16. The molecule has 0 bridgehead atoms. The van der Waals surface area contributed by atoms with Crippen LogP contribution in [0.2, 0.25) is 5.02 Å². The van der Waals surface area contributed by atoms with Crippen LogP contribution in [0.25, 0.3) is 0 Å². The van der Waals surface area contributed by atoms with E-state index >= 15 is 0 Å². The van der Waals surface area contributed by atoms with Crippen molar-refractivity contribution in [1.29, 1.82) is 0 Å². The fourth-order valence-electron chi connectivity index (χ4n) is 2.79. The van der Waals surface area contributed by atoms with Crippen molar-refractivity contribution in [2.24, 2.45) is 0 Å². The molecule has 1 aliphatic carbocycles. The lowest BCUT2D eigenvalue weighted by Crippen LogP contribution is -2.40. The molecule has 0 atom stereocenters. The molecule has 0 saturated heterocycles. The highest BCUT2D eigenvalue weighted by atomic mass is 35.5. The van der Waals surface area contributed by atoms with Gasteiger partial charge in [-0.25, -0.2) is 0 Å². The minimum atomic E-state index is 0.123. The molecule has 0 radical (unpaired) electrons. The summed E-state index contributed by atoms with van der Waals surface area (Å²) in [6.45, 7) is 1.21. The van der Waals surface area contributed by atoms with Gasteiger partial charge in [0.05, 0.1) is 6.54 Å². The van der Waals surface area contributed by atoms with Gasteiger partial charge in [-0.2, -0.15) is 0 Å². The van der Waals surface area contributed by atoms with Gasteiger partial charge in [-0.1, -0.05) is 49.4 Å². The van der Waals surface area contributed by atoms with Gasteiger partial charge in [-0.05, 0) is 43.5 Å². The highest BCUT2D eigenvalue weighted by molar-refractivity contribution is 6.30. The largest absolute Gasteiger partial charge is 0.352 e. The van der Waals surface area contributed by atoms with Gasteiger partial charge in [0.2, 0.25) is 5.91 Å². The molecular weight excluding hydrogens is 284 g/mol. The number of amides is 1. The zero-order chi connectivity index (χ0) is 14.9. The maximum atomic E-state index is 11.9. The maximum absolute atomic E-state index is 11.9. The molecule has 0 heterocycles. The quantitative estimate of drug-likeness (QED) is 0.625. The van der Waals surface area contributed by atoms with Crippen LogP contribution in [0.5, 0.6) is 0 Å². The van der Waals surface area contributed by atoms with Crippen molar-refractivity contribution < 1.29 is 4.79 Å². The standard InChI is InChI=1S/C17H25ClN2O/c18-15-9-7-14(8-10-15)11-12-19-13-17(21)20-16-5-3-1-2-4-6-16/h7-10,16,19H,1-6,11-13H2,(H,20,21). The first-order valence-corrected chi connectivity index (χ1v) is 8.36. The van der Waals surface area contributed by atoms with Crippen LogP contribution in [0.1, 0.15) is 44.1 Å². The Labute approximate surface area is 132 Å². The second-order valence-corrected chi connectivity index (χ2v) is 6.25. The zero-order valence-corrected chi connectivity index (χ0v) is 13.3. The summed E-state index contributed by atoms with van der Waals surface area (Å²) in [5, 5.41) is 7.11. The van der Waals surface area contributed by atoms with Gasteiger partial charge in [0.1, 0.15) is 0 Å². The lowest BCUT2D eigenvalue weighted by atomic mass is 10.1. The molecule has 0 spiro atoms. The van der Waals surface area contributed by atoms with Crippen LogP contribution in [0.15, 0.2) is 24.3 Å². The average molecular weight is 309 g/mol. The second kappa shape index (κ2) is 9.06. The van der Waals surface area contributed by atoms with Crippen LogP contribution in [0.3, 0.4) is 0 Å². The van der Waals surface area contributed by atoms with E-state index in [2.05, 4.69) is 10.6 Å². The van der Waals surface area contributed by atoms with Gasteiger partial charge in [-0.3, -0.25) is 4.79 Å². The van der Waals surface area contributed by atoms with E-state index in [0.717, 1.165) is 30.8 Å². The fraction of sp³-hybridized carbons (Fsp3) is 0.588. The number of benzene rings is 1. The van der Waals surface area contributed by atoms with E-state index in [1.165, 1.54) is 31.2 Å². The van der Waals surface area contributed by atoms with E-state index in [9.17, 15) is 4.79 Å². The molecule has 2 rings (SSSR count). The van der Waals surface area contributed by atoms with Gasteiger partial charge in [0.25, 0.3) is 0 Å². The highest BCUT2D eigenvalue weighted by Crippen LogP contribution is 2.16. The van der Waals surface area contributed by atoms with Crippen molar-refractivity contribution in [2.45, 2.75) is 51.0 Å². The van der Waals surface area contributed by atoms with Gasteiger partial charge in [0.15, 0.2) is 0 Å². The van der Waals surface area contributed by atoms with E-state index in [-0.39, 0.29) is 5.91 Å². The van der Waals surface area contributed by atoms with Crippen LogP contribution in [0, 0.1) is 0 Å². The second-order valence-electron chi connectivity index (χ2n) is 5.81. The molecule has 1 amide bonds. The molecule has 1 aromatic carbocycles. The summed E-state index contributed by atoms with van der Waals surface area (Å²) in [6, 6.07) is 8.23. The smallest absolute Gasteiger partial charge is 0.234 e. The Morgan fingerprint density at radius 3 is 2.43 bits per heavy atom. The number of carbonyl (C=O) groups is 1. The third kappa shape index (κ3) is 6.49. The van der Waals surface area contributed by atoms with Gasteiger partial charge in [-0.15, -0.1) is 0 Å². The number of nitrogens with one attached hydrogen (secondary N) is 2. The van der Waals surface area contributed by atoms with Crippen molar-refractivity contribution in [3.05, 3.63) is 34.9 Å². The molecule has 1 aromatic rings. The maximum Gasteiger partial charge on any atom is 0.234 e. The summed E-state index contributed by atoms with van der Waals surface area (Å²) in [6.07, 6.45) is 8.29. The topological polar surface area (TPSA) is 41.1 Å². The average Bonchev–Trinajstić information content (AvgIpc) is 2.74. The zero-order valence-electron chi connectivity index (χ0n) is 12.5. The molecule has 2 N–H and O–H groups in total. The van der Waals surface area contributed by atoms with E-state index in [0.29, 0.717) is 12.6 Å². The van der Waals surface area contributed by atoms with Gasteiger partial charge in [0, 0.05) is 11.1 Å². The summed E-state index contributed by atoms with van der Waals surface area (Å²) in [5.74, 6) is 0.123. The molecule has 0 aliphatic heterocycles. The number of carbonyl (C=O) groups excluding carboxylic acids is 1. The molecule has 116 valence electrons. The van der Waals surface area contributed by atoms with Crippen molar-refractivity contribution in [1.82, 2.24) is 10.6 Å². The molecule has 1 saturated carbocycles. The monoisotopic (exact) mass is 308 g/mol. The highest BCUT2D eigenvalue weighted by Gasteiger charge is 2.14. The van der Waals surface area contributed by atoms with Crippen LogP contribution in [-0.4, -0.2) is 25.0 Å². The molecule has 21 heavy (non-hydrogen) atoms. The van der Waals surface area contributed by atoms with Crippen molar-refractivity contribution >= 4 is 17.5 Å². The van der Waals surface area contributed by atoms with Crippen molar-refractivity contribution in [2.75, 3.05) is 13.1 Å². The third-order valence-corrected chi connectivity index (χ3v) is 4.26. The molecule has 4 heteroatoms. The first-order chi connectivity index (χ1) is 10.2. The number of hydrogen-bond donors (Lipinski definition) is 2. The predicted octanol–water partition coefficient (Wildman–Crippen LogP) is 3.31. The first kappa shape index (κ1) is 16.3. The van der Waals surface area contributed by atoms with E-state index in [1.807, 2.05) is 24.3 Å². The SMILES string of the molecule is O=C(CNCCc1ccc(Cl)cc1)NC1CCCCCC1. The number of halogens is 1. The first-order valence-electron chi connectivity index (χ1n) is 7.98. The summed E-state index contributed by atoms with van der Waals surface area (Å²) in [5.41, 5.74) is 1.23. The lowest BCUT2D eigenvalue weighted by molar-refractivity contribution is -0.121. The molecule has 1 aliphatic rings. The fourth-order valence-corrected chi connectivity index (χ4v) is 2.91. The van der Waals surface area contributed by atoms with Crippen LogP contribution >= 0.6 is 11.6 Å². The van der Waals surface area contributed by atoms with Crippen molar-refractivity contribution in [3.8, 4) is 0 Å². The predicted molar refractivity (Wildman–Crippen MR) is 87.7 cm³/mol. The number of hydrogen-bond acceptors (Lipinski definition) is 2. The Kier molecular flexibility index (Phi) is 7.04.